The summed E-state index contributed by atoms with van der Waals surface area (Å²) in [5.74, 6) is -0.574. The van der Waals surface area contributed by atoms with Crippen LogP contribution in [0.4, 0.5) is 17.1 Å². The number of carboxylic acid groups (broad SMARTS) is 1. The maximum absolute atomic E-state index is 12.7. The molecule has 154 valence electrons. The smallest absolute Gasteiger partial charge is 0.307 e. The number of nitrogens with one attached hydrogen (secondary N) is 2. The van der Waals surface area contributed by atoms with E-state index in [1.807, 2.05) is 30.3 Å². The highest BCUT2D eigenvalue weighted by Gasteiger charge is 2.20. The summed E-state index contributed by atoms with van der Waals surface area (Å²) in [7, 11) is 1.57. The van der Waals surface area contributed by atoms with E-state index >= 15 is 0 Å². The molecule has 3 aromatic carbocycles. The van der Waals surface area contributed by atoms with E-state index in [2.05, 4.69) is 16.7 Å². The normalized spacial score (nSPS) is 11.8. The zero-order valence-electron chi connectivity index (χ0n) is 16.7. The minimum Gasteiger partial charge on any atom is -0.496 e. The lowest BCUT2D eigenvalue weighted by Gasteiger charge is -2.12. The number of ether oxygens (including phenoxy) is 1. The Hall–Kier alpha value is -4.31. The molecule has 1 aliphatic heterocycles. The average Bonchev–Trinajstić information content (AvgIpc) is 2.88. The number of nitrogens with zero attached hydrogens (tertiary/aromatic N) is 1. The number of aliphatic carboxylic acids is 1. The van der Waals surface area contributed by atoms with Crippen molar-refractivity contribution in [3.63, 3.8) is 0 Å². The van der Waals surface area contributed by atoms with Crippen LogP contribution in [0.25, 0.3) is 11.1 Å². The van der Waals surface area contributed by atoms with Gasteiger partial charge in [0.2, 0.25) is 0 Å². The van der Waals surface area contributed by atoms with Gasteiger partial charge in [-0.05, 0) is 47.0 Å². The first-order chi connectivity index (χ1) is 15.0. The number of hydrogen-bond donors (Lipinski definition) is 3. The predicted octanol–water partition coefficient (Wildman–Crippen LogP) is 4.36. The van der Waals surface area contributed by atoms with Gasteiger partial charge in [0.1, 0.15) is 5.75 Å². The number of fused-ring (bicyclic) bond motifs is 2. The summed E-state index contributed by atoms with van der Waals surface area (Å²) in [4.78, 5) is 23.7. The minimum atomic E-state index is -0.933. The maximum atomic E-state index is 12.7. The molecule has 1 heterocycles. The molecular formula is C24H19N3O4. The number of carboxylic acids is 1. The molecule has 0 unspecified atom stereocenters. The van der Waals surface area contributed by atoms with Crippen LogP contribution in [0.3, 0.4) is 0 Å². The Kier molecular flexibility index (Phi) is 5.29. The molecule has 0 bridgehead atoms. The number of methoxy groups -OCH3 is 1. The highest BCUT2D eigenvalue weighted by molar-refractivity contribution is 6.12. The Morgan fingerprint density at radius 3 is 2.52 bits per heavy atom. The second-order valence-corrected chi connectivity index (χ2v) is 7.15. The fourth-order valence-corrected chi connectivity index (χ4v) is 3.60. The van der Waals surface area contributed by atoms with Crippen LogP contribution < -0.4 is 15.4 Å². The number of anilines is 3. The Balaban J connectivity index is 1.71. The Labute approximate surface area is 178 Å². The SMILES string of the molecule is COc1cc(-c2ccc3c(c2)Nc2ccc(CC(=O)O)cc2NC3=O)ccc1CC#N. The van der Waals surface area contributed by atoms with Crippen molar-refractivity contribution in [2.24, 2.45) is 0 Å². The number of benzene rings is 3. The van der Waals surface area contributed by atoms with Crippen molar-refractivity contribution in [3.8, 4) is 22.9 Å². The summed E-state index contributed by atoms with van der Waals surface area (Å²) in [6.07, 6.45) is 0.139. The summed E-state index contributed by atoms with van der Waals surface area (Å²) in [5, 5.41) is 24.1. The molecule has 0 atom stereocenters. The highest BCUT2D eigenvalue weighted by Crippen LogP contribution is 2.36. The van der Waals surface area contributed by atoms with E-state index < -0.39 is 5.97 Å². The van der Waals surface area contributed by atoms with E-state index in [0.717, 1.165) is 16.7 Å². The van der Waals surface area contributed by atoms with Crippen molar-refractivity contribution in [2.45, 2.75) is 12.8 Å². The van der Waals surface area contributed by atoms with Gasteiger partial charge in [0.25, 0.3) is 5.91 Å². The zero-order chi connectivity index (χ0) is 22.0. The molecule has 31 heavy (non-hydrogen) atoms. The standard InChI is InChI=1S/C24H19N3O4/c1-31-22-13-17(4-3-15(22)8-9-25)16-5-6-18-20(12-16)26-19-7-2-14(11-23(28)29)10-21(19)27-24(18)30/h2-7,10,12-13,26H,8,11H2,1H3,(H,27,30)(H,28,29). The lowest BCUT2D eigenvalue weighted by atomic mass is 9.99. The lowest BCUT2D eigenvalue weighted by molar-refractivity contribution is -0.136. The van der Waals surface area contributed by atoms with Crippen LogP contribution in [0.15, 0.2) is 54.6 Å². The Morgan fingerprint density at radius 2 is 1.77 bits per heavy atom. The van der Waals surface area contributed by atoms with Crippen molar-refractivity contribution in [3.05, 3.63) is 71.3 Å². The van der Waals surface area contributed by atoms with Crippen molar-refractivity contribution in [1.29, 1.82) is 5.26 Å². The van der Waals surface area contributed by atoms with Crippen LogP contribution >= 0.6 is 0 Å². The van der Waals surface area contributed by atoms with Crippen LogP contribution in [0.5, 0.6) is 5.75 Å². The van der Waals surface area contributed by atoms with Gasteiger partial charge in [-0.1, -0.05) is 24.3 Å². The Bertz CT molecular complexity index is 1240. The summed E-state index contributed by atoms with van der Waals surface area (Å²) in [5.41, 5.74) is 5.52. The van der Waals surface area contributed by atoms with Crippen LogP contribution in [-0.2, 0) is 17.6 Å². The van der Waals surface area contributed by atoms with E-state index in [1.54, 1.807) is 31.4 Å². The third kappa shape index (κ3) is 4.05. The molecule has 1 aliphatic rings. The first-order valence-corrected chi connectivity index (χ1v) is 9.60. The van der Waals surface area contributed by atoms with Crippen molar-refractivity contribution in [1.82, 2.24) is 0 Å². The lowest BCUT2D eigenvalue weighted by Crippen LogP contribution is -2.11. The van der Waals surface area contributed by atoms with Crippen LogP contribution in [0.1, 0.15) is 21.5 Å². The van der Waals surface area contributed by atoms with Gasteiger partial charge in [-0.25, -0.2) is 0 Å². The highest BCUT2D eigenvalue weighted by atomic mass is 16.5. The second-order valence-electron chi connectivity index (χ2n) is 7.15. The molecule has 3 aromatic rings. The summed E-state index contributed by atoms with van der Waals surface area (Å²) >= 11 is 0. The van der Waals surface area contributed by atoms with Crippen molar-refractivity contribution in [2.75, 3.05) is 17.7 Å². The second kappa shape index (κ2) is 8.20. The molecule has 3 N–H and O–H groups in total. The Morgan fingerprint density at radius 1 is 1.00 bits per heavy atom. The third-order valence-corrected chi connectivity index (χ3v) is 5.11. The molecule has 0 fully saturated rings. The van der Waals surface area contributed by atoms with E-state index in [1.165, 1.54) is 0 Å². The molecule has 0 spiro atoms. The average molecular weight is 413 g/mol. The van der Waals surface area contributed by atoms with Gasteiger partial charge in [-0.3, -0.25) is 9.59 Å². The first-order valence-electron chi connectivity index (χ1n) is 9.60. The molecule has 0 saturated heterocycles. The van der Waals surface area contributed by atoms with Crippen molar-refractivity contribution >= 4 is 28.9 Å². The molecule has 7 heteroatoms. The minimum absolute atomic E-state index is 0.121. The van der Waals surface area contributed by atoms with Gasteiger partial charge in [0.15, 0.2) is 0 Å². The van der Waals surface area contributed by atoms with Gasteiger partial charge in [-0.2, -0.15) is 5.26 Å². The fraction of sp³-hybridized carbons (Fsp3) is 0.125. The zero-order valence-corrected chi connectivity index (χ0v) is 16.7. The summed E-state index contributed by atoms with van der Waals surface area (Å²) in [6, 6.07) is 18.4. The molecule has 4 rings (SSSR count). The molecule has 1 amide bonds. The van der Waals surface area contributed by atoms with Gasteiger partial charge < -0.3 is 20.5 Å². The fourth-order valence-electron chi connectivity index (χ4n) is 3.60. The van der Waals surface area contributed by atoms with Gasteiger partial charge in [0, 0.05) is 5.56 Å². The van der Waals surface area contributed by atoms with E-state index in [4.69, 9.17) is 15.1 Å². The number of carbonyl (C=O) groups is 2. The van der Waals surface area contributed by atoms with Crippen LogP contribution in [0.2, 0.25) is 0 Å². The van der Waals surface area contributed by atoms with E-state index in [0.29, 0.717) is 33.9 Å². The number of nitriles is 1. The molecule has 0 aromatic heterocycles. The molecule has 0 saturated carbocycles. The molecule has 7 nitrogen and oxygen atoms in total. The first kappa shape index (κ1) is 20.0. The van der Waals surface area contributed by atoms with Crippen LogP contribution in [0, 0.1) is 11.3 Å². The van der Waals surface area contributed by atoms with Gasteiger partial charge >= 0.3 is 5.97 Å². The molecule has 0 radical (unpaired) electrons. The molecular weight excluding hydrogens is 394 g/mol. The summed E-state index contributed by atoms with van der Waals surface area (Å²) in [6.45, 7) is 0. The van der Waals surface area contributed by atoms with Crippen LogP contribution in [-0.4, -0.2) is 24.1 Å². The molecule has 0 aliphatic carbocycles. The van der Waals surface area contributed by atoms with Gasteiger partial charge in [0.05, 0.1) is 48.6 Å². The summed E-state index contributed by atoms with van der Waals surface area (Å²) < 4.78 is 5.42. The van der Waals surface area contributed by atoms with E-state index in [-0.39, 0.29) is 18.7 Å². The predicted molar refractivity (Wildman–Crippen MR) is 117 cm³/mol. The number of amides is 1. The number of carbonyl (C=O) groups excluding carboxylic acids is 1. The largest absolute Gasteiger partial charge is 0.496 e. The number of hydrogen-bond acceptors (Lipinski definition) is 5. The maximum Gasteiger partial charge on any atom is 0.307 e. The topological polar surface area (TPSA) is 111 Å². The van der Waals surface area contributed by atoms with Crippen molar-refractivity contribution < 1.29 is 19.4 Å². The van der Waals surface area contributed by atoms with Gasteiger partial charge in [-0.15, -0.1) is 0 Å². The quantitative estimate of drug-likeness (QED) is 0.573. The third-order valence-electron chi connectivity index (χ3n) is 5.11. The van der Waals surface area contributed by atoms with E-state index in [9.17, 15) is 9.59 Å². The number of rotatable bonds is 5. The monoisotopic (exact) mass is 413 g/mol.